The Labute approximate surface area is 210 Å². The minimum atomic E-state index is -0.614. The summed E-state index contributed by atoms with van der Waals surface area (Å²) in [5.41, 5.74) is 3.35. The number of aryl methyl sites for hydroxylation is 1. The first-order chi connectivity index (χ1) is 16.9. The first-order valence-corrected chi connectivity index (χ1v) is 12.6. The first-order valence-electron chi connectivity index (χ1n) is 11.5. The Morgan fingerprint density at radius 1 is 0.971 bits per heavy atom. The predicted octanol–water partition coefficient (Wildman–Crippen LogP) is 5.15. The molecule has 1 aliphatic rings. The van der Waals surface area contributed by atoms with Crippen molar-refractivity contribution in [2.75, 3.05) is 20.0 Å². The maximum Gasteiger partial charge on any atom is 0.256 e. The summed E-state index contributed by atoms with van der Waals surface area (Å²) in [6.07, 6.45) is 0. The van der Waals surface area contributed by atoms with E-state index in [0.29, 0.717) is 22.8 Å². The highest BCUT2D eigenvalue weighted by Gasteiger charge is 2.43. The van der Waals surface area contributed by atoms with E-state index in [2.05, 4.69) is 5.32 Å². The molecule has 7 heteroatoms. The van der Waals surface area contributed by atoms with Gasteiger partial charge in [0, 0.05) is 11.3 Å². The first kappa shape index (κ1) is 24.7. The van der Waals surface area contributed by atoms with Gasteiger partial charge in [-0.25, -0.2) is 0 Å². The molecule has 1 heterocycles. The summed E-state index contributed by atoms with van der Waals surface area (Å²) >= 11 is 1.57. The van der Waals surface area contributed by atoms with Crippen molar-refractivity contribution in [2.45, 2.75) is 31.3 Å². The molecule has 0 spiro atoms. The van der Waals surface area contributed by atoms with Gasteiger partial charge in [-0.1, -0.05) is 54.6 Å². The Hall–Kier alpha value is -3.45. The maximum atomic E-state index is 13.9. The number of hydrogen-bond acceptors (Lipinski definition) is 5. The number of nitrogens with one attached hydrogen (secondary N) is 1. The Morgan fingerprint density at radius 3 is 2.34 bits per heavy atom. The fourth-order valence-corrected chi connectivity index (χ4v) is 5.73. The summed E-state index contributed by atoms with van der Waals surface area (Å²) in [4.78, 5) is 29.1. The highest BCUT2D eigenvalue weighted by atomic mass is 32.2. The van der Waals surface area contributed by atoms with Gasteiger partial charge < -0.3 is 19.7 Å². The highest BCUT2D eigenvalue weighted by molar-refractivity contribution is 7.99. The van der Waals surface area contributed by atoms with E-state index in [-0.39, 0.29) is 23.2 Å². The average Bonchev–Trinajstić information content (AvgIpc) is 3.34. The fraction of sp³-hybridized carbons (Fsp3) is 0.286. The number of nitrogens with zero attached hydrogens (tertiary/aromatic N) is 1. The highest BCUT2D eigenvalue weighted by Crippen LogP contribution is 2.44. The van der Waals surface area contributed by atoms with E-state index < -0.39 is 6.04 Å². The maximum absolute atomic E-state index is 13.9. The Morgan fingerprint density at radius 2 is 1.66 bits per heavy atom. The summed E-state index contributed by atoms with van der Waals surface area (Å²) < 4.78 is 10.9. The average molecular weight is 491 g/mol. The van der Waals surface area contributed by atoms with Gasteiger partial charge in [0.1, 0.15) is 11.4 Å². The molecule has 1 saturated heterocycles. The lowest BCUT2D eigenvalue weighted by Crippen LogP contribution is -2.48. The second-order valence-electron chi connectivity index (χ2n) is 8.48. The topological polar surface area (TPSA) is 67.9 Å². The van der Waals surface area contributed by atoms with Crippen molar-refractivity contribution in [3.63, 3.8) is 0 Å². The number of ether oxygens (including phenoxy) is 2. The monoisotopic (exact) mass is 490 g/mol. The predicted molar refractivity (Wildman–Crippen MR) is 139 cm³/mol. The van der Waals surface area contributed by atoms with Crippen LogP contribution >= 0.6 is 11.8 Å². The van der Waals surface area contributed by atoms with E-state index >= 15 is 0 Å². The standard InChI is InChI=1S/C28H30N2O4S/c1-18-10-8-9-13-22(18)27(32)30-23(26(31)29-19(2)20-11-6-5-7-12-20)17-35-28(30)21-14-15-24(33-3)25(16-21)34-4/h5-16,19,23,28H,17H2,1-4H3,(H,29,31). The van der Waals surface area contributed by atoms with Gasteiger partial charge in [-0.15, -0.1) is 11.8 Å². The van der Waals surface area contributed by atoms with Gasteiger partial charge in [0.25, 0.3) is 5.91 Å². The smallest absolute Gasteiger partial charge is 0.256 e. The largest absolute Gasteiger partial charge is 0.493 e. The van der Waals surface area contributed by atoms with E-state index in [9.17, 15) is 9.59 Å². The van der Waals surface area contributed by atoms with Gasteiger partial charge in [0.2, 0.25) is 5.91 Å². The van der Waals surface area contributed by atoms with Crippen LogP contribution in [0.4, 0.5) is 0 Å². The molecule has 6 nitrogen and oxygen atoms in total. The van der Waals surface area contributed by atoms with E-state index in [1.54, 1.807) is 30.9 Å². The van der Waals surface area contributed by atoms with Crippen LogP contribution in [-0.4, -0.2) is 42.7 Å². The third-order valence-electron chi connectivity index (χ3n) is 6.26. The number of benzene rings is 3. The van der Waals surface area contributed by atoms with E-state index in [1.165, 1.54) is 0 Å². The molecule has 1 N–H and O–H groups in total. The molecular weight excluding hydrogens is 460 g/mol. The number of amides is 2. The molecular formula is C28H30N2O4S. The number of carbonyl (C=O) groups excluding carboxylic acids is 2. The Balaban J connectivity index is 1.68. The van der Waals surface area contributed by atoms with Gasteiger partial charge in [-0.05, 0) is 48.7 Å². The second-order valence-corrected chi connectivity index (χ2v) is 9.60. The fourth-order valence-electron chi connectivity index (χ4n) is 4.31. The summed E-state index contributed by atoms with van der Waals surface area (Å²) in [6, 6.07) is 22.1. The molecule has 0 aromatic heterocycles. The third-order valence-corrected chi connectivity index (χ3v) is 7.59. The SMILES string of the molecule is COc1ccc(C2SCC(C(=O)NC(C)c3ccccc3)N2C(=O)c2ccccc2C)cc1OC. The van der Waals surface area contributed by atoms with Crippen molar-refractivity contribution >= 4 is 23.6 Å². The number of methoxy groups -OCH3 is 2. The zero-order valence-electron chi connectivity index (χ0n) is 20.4. The van der Waals surface area contributed by atoms with Crippen molar-refractivity contribution in [2.24, 2.45) is 0 Å². The molecule has 0 aliphatic carbocycles. The Kier molecular flexibility index (Phi) is 7.66. The van der Waals surface area contributed by atoms with Crippen molar-refractivity contribution in [1.29, 1.82) is 0 Å². The number of thioether (sulfide) groups is 1. The molecule has 1 fully saturated rings. The van der Waals surface area contributed by atoms with Crippen molar-refractivity contribution in [1.82, 2.24) is 10.2 Å². The van der Waals surface area contributed by atoms with Gasteiger partial charge >= 0.3 is 0 Å². The molecule has 0 saturated carbocycles. The summed E-state index contributed by atoms with van der Waals surface area (Å²) in [7, 11) is 3.17. The molecule has 4 rings (SSSR count). The number of carbonyl (C=O) groups is 2. The molecule has 3 atom stereocenters. The van der Waals surface area contributed by atoms with Crippen LogP contribution < -0.4 is 14.8 Å². The molecule has 35 heavy (non-hydrogen) atoms. The van der Waals surface area contributed by atoms with Gasteiger partial charge in [-0.2, -0.15) is 0 Å². The minimum absolute atomic E-state index is 0.166. The summed E-state index contributed by atoms with van der Waals surface area (Å²) in [5.74, 6) is 1.35. The lowest BCUT2D eigenvalue weighted by Gasteiger charge is -2.30. The van der Waals surface area contributed by atoms with E-state index in [1.807, 2.05) is 86.6 Å². The normalized spacial score (nSPS) is 18.1. The van der Waals surface area contributed by atoms with E-state index in [4.69, 9.17) is 9.47 Å². The molecule has 2 amide bonds. The van der Waals surface area contributed by atoms with Crippen LogP contribution in [0.25, 0.3) is 0 Å². The number of hydrogen-bond donors (Lipinski definition) is 1. The summed E-state index contributed by atoms with van der Waals surface area (Å²) in [5, 5.41) is 2.77. The van der Waals surface area contributed by atoms with Gasteiger partial charge in [0.15, 0.2) is 11.5 Å². The Bertz CT molecular complexity index is 1200. The van der Waals surface area contributed by atoms with Crippen LogP contribution in [-0.2, 0) is 4.79 Å². The van der Waals surface area contributed by atoms with Gasteiger partial charge in [-0.3, -0.25) is 9.59 Å². The van der Waals surface area contributed by atoms with Crippen molar-refractivity contribution in [3.8, 4) is 11.5 Å². The van der Waals surface area contributed by atoms with Crippen LogP contribution in [0.15, 0.2) is 72.8 Å². The van der Waals surface area contributed by atoms with Gasteiger partial charge in [0.05, 0.1) is 20.3 Å². The summed E-state index contributed by atoms with van der Waals surface area (Å²) in [6.45, 7) is 3.86. The van der Waals surface area contributed by atoms with Crippen LogP contribution in [0.2, 0.25) is 0 Å². The molecule has 0 bridgehead atoms. The molecule has 1 aliphatic heterocycles. The van der Waals surface area contributed by atoms with Crippen molar-refractivity contribution in [3.05, 3.63) is 95.1 Å². The molecule has 0 radical (unpaired) electrons. The molecule has 3 aromatic rings. The van der Waals surface area contributed by atoms with Crippen LogP contribution in [0, 0.1) is 6.92 Å². The molecule has 182 valence electrons. The molecule has 3 unspecified atom stereocenters. The minimum Gasteiger partial charge on any atom is -0.493 e. The van der Waals surface area contributed by atoms with Crippen LogP contribution in [0.5, 0.6) is 11.5 Å². The zero-order chi connectivity index (χ0) is 24.9. The molecule has 3 aromatic carbocycles. The zero-order valence-corrected chi connectivity index (χ0v) is 21.2. The quantitative estimate of drug-likeness (QED) is 0.496. The lowest BCUT2D eigenvalue weighted by molar-refractivity contribution is -0.125. The van der Waals surface area contributed by atoms with Crippen LogP contribution in [0.3, 0.4) is 0 Å². The van der Waals surface area contributed by atoms with Crippen molar-refractivity contribution < 1.29 is 19.1 Å². The lowest BCUT2D eigenvalue weighted by atomic mass is 10.0. The number of rotatable bonds is 7. The van der Waals surface area contributed by atoms with E-state index in [0.717, 1.165) is 16.7 Å². The van der Waals surface area contributed by atoms with Crippen LogP contribution in [0.1, 0.15) is 45.4 Å². The second kappa shape index (κ2) is 10.9. The third kappa shape index (κ3) is 5.15.